The Morgan fingerprint density at radius 1 is 1.47 bits per heavy atom. The summed E-state index contributed by atoms with van der Waals surface area (Å²) in [5, 5.41) is 15.4. The van der Waals surface area contributed by atoms with E-state index < -0.39 is 0 Å². The second kappa shape index (κ2) is 4.85. The molecular formula is C15H20N2O2. The number of hydrogen-bond acceptors (Lipinski definition) is 3. The Hall–Kier alpha value is -1.55. The Balaban J connectivity index is 1.58. The third-order valence-electron chi connectivity index (χ3n) is 4.26. The highest BCUT2D eigenvalue weighted by Gasteiger charge is 2.33. The number of para-hydroxylation sites is 1. The quantitative estimate of drug-likeness (QED) is 0.766. The molecule has 0 bridgehead atoms. The highest BCUT2D eigenvalue weighted by Crippen LogP contribution is 2.30. The van der Waals surface area contributed by atoms with Crippen molar-refractivity contribution in [1.29, 1.82) is 0 Å². The third kappa shape index (κ3) is 2.32. The van der Waals surface area contributed by atoms with Gasteiger partial charge in [-0.15, -0.1) is 0 Å². The van der Waals surface area contributed by atoms with E-state index in [-0.39, 0.29) is 24.6 Å². The summed E-state index contributed by atoms with van der Waals surface area (Å²) < 4.78 is 0. The zero-order valence-corrected chi connectivity index (χ0v) is 11.1. The van der Waals surface area contributed by atoms with Crippen LogP contribution in [0.15, 0.2) is 18.2 Å². The first kappa shape index (κ1) is 12.5. The minimum Gasteiger partial charge on any atom is -0.396 e. The maximum Gasteiger partial charge on any atom is 0.243 e. The Kier molecular flexibility index (Phi) is 3.19. The van der Waals surface area contributed by atoms with Gasteiger partial charge in [0.2, 0.25) is 5.91 Å². The summed E-state index contributed by atoms with van der Waals surface area (Å²) in [7, 11) is 0. The molecule has 1 aliphatic carbocycles. The molecule has 4 nitrogen and oxygen atoms in total. The molecule has 0 saturated heterocycles. The maximum atomic E-state index is 12.2. The van der Waals surface area contributed by atoms with E-state index in [1.165, 1.54) is 11.1 Å². The number of carbonyl (C=O) groups is 1. The fourth-order valence-electron chi connectivity index (χ4n) is 3.01. The van der Waals surface area contributed by atoms with Crippen molar-refractivity contribution in [1.82, 2.24) is 5.32 Å². The number of rotatable bonds is 3. The smallest absolute Gasteiger partial charge is 0.243 e. The number of aryl methyl sites for hydroxylation is 1. The second-order valence-electron chi connectivity index (χ2n) is 5.74. The number of fused-ring (bicyclic) bond motifs is 1. The largest absolute Gasteiger partial charge is 0.396 e. The monoisotopic (exact) mass is 260 g/mol. The zero-order valence-electron chi connectivity index (χ0n) is 11.1. The van der Waals surface area contributed by atoms with Gasteiger partial charge in [0.15, 0.2) is 0 Å². The molecule has 0 aromatic heterocycles. The molecule has 1 amide bonds. The first-order valence-electron chi connectivity index (χ1n) is 6.93. The van der Waals surface area contributed by atoms with Gasteiger partial charge in [-0.05, 0) is 36.8 Å². The molecule has 1 heterocycles. The van der Waals surface area contributed by atoms with Crippen LogP contribution in [0.4, 0.5) is 5.69 Å². The minimum atomic E-state index is -0.149. The lowest BCUT2D eigenvalue weighted by molar-refractivity contribution is -0.123. The van der Waals surface area contributed by atoms with Crippen molar-refractivity contribution in [3.8, 4) is 0 Å². The number of carbonyl (C=O) groups excluding carboxylic acids is 1. The Morgan fingerprint density at radius 3 is 2.95 bits per heavy atom. The van der Waals surface area contributed by atoms with Gasteiger partial charge in [-0.3, -0.25) is 4.79 Å². The lowest BCUT2D eigenvalue weighted by Gasteiger charge is -2.35. The maximum absolute atomic E-state index is 12.2. The molecule has 1 saturated carbocycles. The fraction of sp³-hybridized carbons (Fsp3) is 0.533. The van der Waals surface area contributed by atoms with Gasteiger partial charge in [0, 0.05) is 24.8 Å². The van der Waals surface area contributed by atoms with Crippen LogP contribution in [0.1, 0.15) is 24.0 Å². The molecule has 102 valence electrons. The molecule has 19 heavy (non-hydrogen) atoms. The lowest BCUT2D eigenvalue weighted by atomic mass is 9.81. The van der Waals surface area contributed by atoms with Gasteiger partial charge in [0.1, 0.15) is 6.04 Å². The Labute approximate surface area is 113 Å². The van der Waals surface area contributed by atoms with Crippen molar-refractivity contribution in [3.05, 3.63) is 29.3 Å². The van der Waals surface area contributed by atoms with Crippen LogP contribution in [0.5, 0.6) is 0 Å². The van der Waals surface area contributed by atoms with Crippen LogP contribution >= 0.6 is 0 Å². The van der Waals surface area contributed by atoms with E-state index in [9.17, 15) is 4.79 Å². The van der Waals surface area contributed by atoms with E-state index in [1.807, 2.05) is 6.07 Å². The van der Waals surface area contributed by atoms with E-state index in [2.05, 4.69) is 29.7 Å². The molecule has 0 radical (unpaired) electrons. The van der Waals surface area contributed by atoms with Crippen molar-refractivity contribution in [3.63, 3.8) is 0 Å². The Morgan fingerprint density at radius 2 is 2.26 bits per heavy atom. The molecule has 0 spiro atoms. The summed E-state index contributed by atoms with van der Waals surface area (Å²) in [6, 6.07) is 6.27. The van der Waals surface area contributed by atoms with Gasteiger partial charge < -0.3 is 15.7 Å². The van der Waals surface area contributed by atoms with Crippen LogP contribution in [0.25, 0.3) is 0 Å². The first-order chi connectivity index (χ1) is 9.17. The molecule has 3 rings (SSSR count). The van der Waals surface area contributed by atoms with Crippen LogP contribution < -0.4 is 10.6 Å². The van der Waals surface area contributed by atoms with Gasteiger partial charge in [-0.2, -0.15) is 0 Å². The van der Waals surface area contributed by atoms with Gasteiger partial charge in [0.05, 0.1) is 0 Å². The fourth-order valence-corrected chi connectivity index (χ4v) is 3.01. The van der Waals surface area contributed by atoms with Crippen molar-refractivity contribution in [2.75, 3.05) is 11.9 Å². The van der Waals surface area contributed by atoms with Crippen LogP contribution in [0.2, 0.25) is 0 Å². The highest BCUT2D eigenvalue weighted by molar-refractivity contribution is 5.88. The average Bonchev–Trinajstić information content (AvgIpc) is 2.78. The average molecular weight is 260 g/mol. The normalized spacial score (nSPS) is 28.2. The summed E-state index contributed by atoms with van der Waals surface area (Å²) in [5.41, 5.74) is 3.53. The Bertz CT molecular complexity index is 495. The predicted molar refractivity (Wildman–Crippen MR) is 74.0 cm³/mol. The molecule has 1 aromatic rings. The molecular weight excluding hydrogens is 240 g/mol. The topological polar surface area (TPSA) is 61.4 Å². The van der Waals surface area contributed by atoms with Crippen LogP contribution in [-0.4, -0.2) is 29.7 Å². The minimum absolute atomic E-state index is 0.0805. The van der Waals surface area contributed by atoms with E-state index >= 15 is 0 Å². The first-order valence-corrected chi connectivity index (χ1v) is 6.93. The molecule has 3 N–H and O–H groups in total. The van der Waals surface area contributed by atoms with Crippen LogP contribution in [0, 0.1) is 12.8 Å². The number of amides is 1. The third-order valence-corrected chi connectivity index (χ3v) is 4.26. The standard InChI is InChI=1S/C15H20N2O2/c1-9-3-2-4-11-7-13(17-14(9)11)15(19)16-12-5-10(6-12)8-18/h2-4,10,12-13,17-18H,5-8H2,1H3,(H,16,19)/t10-,12+,13?. The van der Waals surface area contributed by atoms with Crippen molar-refractivity contribution in [2.24, 2.45) is 5.92 Å². The van der Waals surface area contributed by atoms with E-state index in [0.29, 0.717) is 5.92 Å². The molecule has 4 heteroatoms. The predicted octanol–water partition coefficient (Wildman–Crippen LogP) is 1.22. The van der Waals surface area contributed by atoms with E-state index in [0.717, 1.165) is 24.9 Å². The molecule has 1 atom stereocenters. The lowest BCUT2D eigenvalue weighted by Crippen LogP contribution is -2.50. The van der Waals surface area contributed by atoms with Crippen molar-refractivity contribution >= 4 is 11.6 Å². The summed E-state index contributed by atoms with van der Waals surface area (Å²) in [6.45, 7) is 2.29. The van der Waals surface area contributed by atoms with Gasteiger partial charge in [0.25, 0.3) is 0 Å². The number of benzene rings is 1. The second-order valence-corrected chi connectivity index (χ2v) is 5.74. The van der Waals surface area contributed by atoms with E-state index in [4.69, 9.17) is 5.11 Å². The summed E-state index contributed by atoms with van der Waals surface area (Å²) >= 11 is 0. The molecule has 2 aliphatic rings. The number of aliphatic hydroxyl groups excluding tert-OH is 1. The SMILES string of the molecule is Cc1cccc2c1NC(C(=O)N[C@H]1C[C@@H](CO)C1)C2. The van der Waals surface area contributed by atoms with Gasteiger partial charge in [-0.25, -0.2) is 0 Å². The highest BCUT2D eigenvalue weighted by atomic mass is 16.3. The van der Waals surface area contributed by atoms with Crippen LogP contribution in [-0.2, 0) is 11.2 Å². The number of aliphatic hydroxyl groups is 1. The van der Waals surface area contributed by atoms with E-state index in [1.54, 1.807) is 0 Å². The number of anilines is 1. The molecule has 1 aromatic carbocycles. The van der Waals surface area contributed by atoms with Crippen molar-refractivity contribution in [2.45, 2.75) is 38.3 Å². The number of nitrogens with one attached hydrogen (secondary N) is 2. The molecule has 1 fully saturated rings. The summed E-state index contributed by atoms with van der Waals surface area (Å²) in [4.78, 5) is 12.2. The van der Waals surface area contributed by atoms with Gasteiger partial charge in [-0.1, -0.05) is 18.2 Å². The summed E-state index contributed by atoms with van der Waals surface area (Å²) in [6.07, 6.45) is 2.57. The van der Waals surface area contributed by atoms with Crippen molar-refractivity contribution < 1.29 is 9.90 Å². The summed E-state index contributed by atoms with van der Waals surface area (Å²) in [5.74, 6) is 0.457. The molecule has 1 unspecified atom stereocenters. The number of hydrogen-bond donors (Lipinski definition) is 3. The zero-order chi connectivity index (χ0) is 13.4. The molecule has 1 aliphatic heterocycles. The van der Waals surface area contributed by atoms with Gasteiger partial charge >= 0.3 is 0 Å². The van der Waals surface area contributed by atoms with Crippen LogP contribution in [0.3, 0.4) is 0 Å².